The van der Waals surface area contributed by atoms with Gasteiger partial charge in [0, 0.05) is 19.0 Å². The second-order valence-corrected chi connectivity index (χ2v) is 5.59. The van der Waals surface area contributed by atoms with Crippen molar-refractivity contribution in [3.63, 3.8) is 0 Å². The van der Waals surface area contributed by atoms with Crippen LogP contribution in [0.5, 0.6) is 0 Å². The van der Waals surface area contributed by atoms with Gasteiger partial charge in [-0.15, -0.1) is 6.58 Å². The van der Waals surface area contributed by atoms with Crippen LogP contribution < -0.4 is 5.32 Å². The third-order valence-corrected chi connectivity index (χ3v) is 3.78. The molecule has 1 fully saturated rings. The van der Waals surface area contributed by atoms with E-state index in [0.717, 1.165) is 12.8 Å². The van der Waals surface area contributed by atoms with E-state index in [9.17, 15) is 14.7 Å². The van der Waals surface area contributed by atoms with Crippen LogP contribution in [-0.2, 0) is 9.59 Å². The largest absolute Gasteiger partial charge is 0.394 e. The van der Waals surface area contributed by atoms with Crippen LogP contribution in [0.1, 0.15) is 32.6 Å². The number of amides is 2. The van der Waals surface area contributed by atoms with Crippen LogP contribution in [0.25, 0.3) is 0 Å². The van der Waals surface area contributed by atoms with Crippen molar-refractivity contribution in [3.05, 3.63) is 12.7 Å². The minimum absolute atomic E-state index is 0.0414. The molecule has 0 aromatic heterocycles. The maximum Gasteiger partial charge on any atom is 0.226 e. The summed E-state index contributed by atoms with van der Waals surface area (Å²) in [5, 5.41) is 20.9. The standard InChI is InChI=1S/C15H26N2O4/c1-3-5-12(8-14(20)16-11(2)9-18)15(21)17-7-4-6-13(17)10-19/h3,11-13,18-19H,1,4-10H2,2H3,(H,16,20)/t11-,12+,13-/m0/s1. The van der Waals surface area contributed by atoms with Gasteiger partial charge in [-0.2, -0.15) is 0 Å². The molecule has 3 atom stereocenters. The lowest BCUT2D eigenvalue weighted by atomic mass is 9.98. The van der Waals surface area contributed by atoms with Gasteiger partial charge in [-0.25, -0.2) is 0 Å². The van der Waals surface area contributed by atoms with Crippen molar-refractivity contribution in [2.75, 3.05) is 19.8 Å². The van der Waals surface area contributed by atoms with Gasteiger partial charge in [-0.05, 0) is 26.2 Å². The fraction of sp³-hybridized carbons (Fsp3) is 0.733. The summed E-state index contributed by atoms with van der Waals surface area (Å²) in [5.74, 6) is -0.810. The average Bonchev–Trinajstić information content (AvgIpc) is 2.94. The Morgan fingerprint density at radius 1 is 1.48 bits per heavy atom. The number of allylic oxidation sites excluding steroid dienone is 1. The topological polar surface area (TPSA) is 89.9 Å². The first-order chi connectivity index (χ1) is 10.0. The molecule has 21 heavy (non-hydrogen) atoms. The highest BCUT2D eigenvalue weighted by atomic mass is 16.3. The lowest BCUT2D eigenvalue weighted by molar-refractivity contribution is -0.139. The first kappa shape index (κ1) is 17.7. The normalized spacial score (nSPS) is 20.9. The lowest BCUT2D eigenvalue weighted by Crippen LogP contribution is -2.43. The van der Waals surface area contributed by atoms with Crippen LogP contribution in [0.4, 0.5) is 0 Å². The average molecular weight is 298 g/mol. The molecule has 0 unspecified atom stereocenters. The van der Waals surface area contributed by atoms with E-state index in [1.54, 1.807) is 17.9 Å². The van der Waals surface area contributed by atoms with E-state index in [-0.39, 0.29) is 43.5 Å². The monoisotopic (exact) mass is 298 g/mol. The van der Waals surface area contributed by atoms with E-state index in [1.807, 2.05) is 0 Å². The lowest BCUT2D eigenvalue weighted by Gasteiger charge is -2.27. The summed E-state index contributed by atoms with van der Waals surface area (Å²) >= 11 is 0. The summed E-state index contributed by atoms with van der Waals surface area (Å²) < 4.78 is 0. The van der Waals surface area contributed by atoms with Gasteiger partial charge in [0.25, 0.3) is 0 Å². The summed E-state index contributed by atoms with van der Waals surface area (Å²) in [6, 6.07) is -0.460. The number of carbonyl (C=O) groups is 2. The molecule has 0 saturated carbocycles. The van der Waals surface area contributed by atoms with Crippen molar-refractivity contribution in [1.29, 1.82) is 0 Å². The molecule has 1 heterocycles. The molecule has 0 aromatic rings. The number of hydrogen-bond donors (Lipinski definition) is 3. The molecule has 1 aliphatic rings. The molecular formula is C15H26N2O4. The van der Waals surface area contributed by atoms with Crippen LogP contribution in [0.15, 0.2) is 12.7 Å². The summed E-state index contributed by atoms with van der Waals surface area (Å²) in [7, 11) is 0. The highest BCUT2D eigenvalue weighted by Crippen LogP contribution is 2.22. The molecule has 0 spiro atoms. The Kier molecular flexibility index (Phi) is 7.39. The molecule has 0 aromatic carbocycles. The third kappa shape index (κ3) is 5.13. The predicted octanol–water partition coefficient (Wildman–Crippen LogP) is 0.0491. The molecule has 0 bridgehead atoms. The van der Waals surface area contributed by atoms with Gasteiger partial charge in [0.15, 0.2) is 0 Å². The minimum atomic E-state index is -0.458. The van der Waals surface area contributed by atoms with Crippen molar-refractivity contribution >= 4 is 11.8 Å². The second-order valence-electron chi connectivity index (χ2n) is 5.59. The molecule has 6 heteroatoms. The maximum absolute atomic E-state index is 12.5. The molecule has 1 saturated heterocycles. The summed E-state index contributed by atoms with van der Waals surface area (Å²) in [6.07, 6.45) is 3.82. The van der Waals surface area contributed by atoms with Gasteiger partial charge >= 0.3 is 0 Å². The number of aliphatic hydroxyl groups excluding tert-OH is 2. The van der Waals surface area contributed by atoms with E-state index in [0.29, 0.717) is 13.0 Å². The quantitative estimate of drug-likeness (QED) is 0.552. The highest BCUT2D eigenvalue weighted by Gasteiger charge is 2.33. The second kappa shape index (κ2) is 8.79. The zero-order valence-corrected chi connectivity index (χ0v) is 12.6. The molecular weight excluding hydrogens is 272 g/mol. The predicted molar refractivity (Wildman–Crippen MR) is 79.4 cm³/mol. The van der Waals surface area contributed by atoms with Gasteiger partial charge in [-0.3, -0.25) is 9.59 Å². The number of nitrogens with one attached hydrogen (secondary N) is 1. The summed E-state index contributed by atoms with van der Waals surface area (Å²) in [5.41, 5.74) is 0. The van der Waals surface area contributed by atoms with Gasteiger partial charge in [-0.1, -0.05) is 6.08 Å². The van der Waals surface area contributed by atoms with Gasteiger partial charge in [0.05, 0.1) is 25.2 Å². The third-order valence-electron chi connectivity index (χ3n) is 3.78. The Balaban J connectivity index is 2.65. The zero-order chi connectivity index (χ0) is 15.8. The number of aliphatic hydroxyl groups is 2. The molecule has 6 nitrogen and oxygen atoms in total. The van der Waals surface area contributed by atoms with Crippen LogP contribution in [0.3, 0.4) is 0 Å². The van der Waals surface area contributed by atoms with Crippen LogP contribution >= 0.6 is 0 Å². The highest BCUT2D eigenvalue weighted by molar-refractivity contribution is 5.86. The minimum Gasteiger partial charge on any atom is -0.394 e. The Bertz CT molecular complexity index is 373. The van der Waals surface area contributed by atoms with Crippen molar-refractivity contribution in [1.82, 2.24) is 10.2 Å². The van der Waals surface area contributed by atoms with Gasteiger partial charge < -0.3 is 20.4 Å². The molecule has 1 rings (SSSR count). The van der Waals surface area contributed by atoms with Gasteiger partial charge in [0.2, 0.25) is 11.8 Å². The van der Waals surface area contributed by atoms with Crippen molar-refractivity contribution in [2.45, 2.75) is 44.7 Å². The maximum atomic E-state index is 12.5. The molecule has 1 aliphatic heterocycles. The first-order valence-electron chi connectivity index (χ1n) is 7.45. The number of carbonyl (C=O) groups excluding carboxylic acids is 2. The number of nitrogens with zero attached hydrogens (tertiary/aromatic N) is 1. The molecule has 120 valence electrons. The Hall–Kier alpha value is -1.40. The van der Waals surface area contributed by atoms with E-state index < -0.39 is 5.92 Å². The number of rotatable bonds is 8. The molecule has 2 amide bonds. The Labute approximate surface area is 125 Å². The Morgan fingerprint density at radius 2 is 2.19 bits per heavy atom. The van der Waals surface area contributed by atoms with Crippen LogP contribution in [0, 0.1) is 5.92 Å². The van der Waals surface area contributed by atoms with Crippen LogP contribution in [-0.4, -0.2) is 58.8 Å². The fourth-order valence-corrected chi connectivity index (χ4v) is 2.63. The molecule has 0 radical (unpaired) electrons. The summed E-state index contributed by atoms with van der Waals surface area (Å²) in [6.45, 7) is 5.80. The van der Waals surface area contributed by atoms with Crippen molar-refractivity contribution in [3.8, 4) is 0 Å². The smallest absolute Gasteiger partial charge is 0.226 e. The van der Waals surface area contributed by atoms with Gasteiger partial charge in [0.1, 0.15) is 0 Å². The number of likely N-dealkylation sites (tertiary alicyclic amines) is 1. The van der Waals surface area contributed by atoms with Crippen molar-refractivity contribution < 1.29 is 19.8 Å². The van der Waals surface area contributed by atoms with E-state index >= 15 is 0 Å². The number of hydrogen-bond acceptors (Lipinski definition) is 4. The van der Waals surface area contributed by atoms with E-state index in [2.05, 4.69) is 11.9 Å². The SMILES string of the molecule is C=CC[C@H](CC(=O)N[C@@H](C)CO)C(=O)N1CCC[C@H]1CO. The zero-order valence-electron chi connectivity index (χ0n) is 12.6. The molecule has 3 N–H and O–H groups in total. The van der Waals surface area contributed by atoms with E-state index in [4.69, 9.17) is 5.11 Å². The molecule has 0 aliphatic carbocycles. The first-order valence-corrected chi connectivity index (χ1v) is 7.45. The van der Waals surface area contributed by atoms with Crippen LogP contribution in [0.2, 0.25) is 0 Å². The van der Waals surface area contributed by atoms with E-state index in [1.165, 1.54) is 0 Å². The summed E-state index contributed by atoms with van der Waals surface area (Å²) in [4.78, 5) is 26.1. The Morgan fingerprint density at radius 3 is 2.76 bits per heavy atom. The fourth-order valence-electron chi connectivity index (χ4n) is 2.63. The van der Waals surface area contributed by atoms with Crippen molar-refractivity contribution in [2.24, 2.45) is 5.92 Å².